The van der Waals surface area contributed by atoms with E-state index in [1.165, 1.54) is 22.3 Å². The molecule has 208 valence electrons. The third-order valence-corrected chi connectivity index (χ3v) is 5.33. The molecule has 0 aliphatic heterocycles. The first kappa shape index (κ1) is 34.7. The van der Waals surface area contributed by atoms with Gasteiger partial charge in [-0.05, 0) is 40.5 Å². The van der Waals surface area contributed by atoms with Crippen molar-refractivity contribution in [1.29, 1.82) is 0 Å². The van der Waals surface area contributed by atoms with Crippen LogP contribution in [0.2, 0.25) is 0 Å². The van der Waals surface area contributed by atoms with Gasteiger partial charge in [0.1, 0.15) is 0 Å². The van der Waals surface area contributed by atoms with Crippen molar-refractivity contribution >= 4 is 19.1 Å². The van der Waals surface area contributed by atoms with Crippen molar-refractivity contribution in [2.75, 3.05) is 0 Å². The molecule has 6 heteroatoms. The van der Waals surface area contributed by atoms with Crippen molar-refractivity contribution in [3.63, 3.8) is 0 Å². The molecule has 0 aliphatic rings. The van der Waals surface area contributed by atoms with Gasteiger partial charge in [0.15, 0.2) is 0 Å². The van der Waals surface area contributed by atoms with Crippen LogP contribution >= 0.6 is 19.1 Å². The van der Waals surface area contributed by atoms with Gasteiger partial charge in [0.2, 0.25) is 0 Å². The molecule has 4 rings (SSSR count). The monoisotopic (exact) mass is 730 g/mol. The van der Waals surface area contributed by atoms with E-state index in [0.717, 1.165) is 24.0 Å². The predicted molar refractivity (Wildman–Crippen MR) is 157 cm³/mol. The zero-order chi connectivity index (χ0) is 28.6. The van der Waals surface area contributed by atoms with Crippen molar-refractivity contribution in [3.8, 4) is 22.3 Å². The Hall–Kier alpha value is -1.30. The zero-order valence-corrected chi connectivity index (χ0v) is 26.8. The van der Waals surface area contributed by atoms with E-state index in [4.69, 9.17) is 11.5 Å². The molecule has 0 radical (unpaired) electrons. The minimum absolute atomic E-state index is 0.190. The summed E-state index contributed by atoms with van der Waals surface area (Å²) in [4.78, 5) is 0. The summed E-state index contributed by atoms with van der Waals surface area (Å²) < 4.78 is 0. The molecule has 0 spiro atoms. The Morgan fingerprint density at radius 1 is 0.553 bits per heavy atom. The normalized spacial score (nSPS) is 10.6. The van der Waals surface area contributed by atoms with E-state index in [1.54, 1.807) is 0 Å². The van der Waals surface area contributed by atoms with Crippen LogP contribution in [-0.2, 0) is 49.2 Å². The zero-order valence-electron chi connectivity index (χ0n) is 22.2. The Morgan fingerprint density at radius 3 is 1.16 bits per heavy atom. The van der Waals surface area contributed by atoms with E-state index in [2.05, 4.69) is 156 Å². The minimum atomic E-state index is -0.190. The number of rotatable bonds is 6. The summed E-state index contributed by atoms with van der Waals surface area (Å²) in [6.45, 7) is 8.22. The second kappa shape index (κ2) is 18.1. The second-order valence-corrected chi connectivity index (χ2v) is 10.2. The number of nitrogens with two attached hydrogens (primary N) is 2. The first-order valence-corrected chi connectivity index (χ1v) is 16.0. The van der Waals surface area contributed by atoms with Gasteiger partial charge in [0, 0.05) is 11.1 Å². The molecule has 0 aliphatic carbocycles. The molecule has 0 bridgehead atoms. The topological polar surface area (TPSA) is 52.0 Å². The van der Waals surface area contributed by atoms with E-state index in [-0.39, 0.29) is 11.1 Å². The molecule has 38 heavy (non-hydrogen) atoms. The van der Waals surface area contributed by atoms with Crippen molar-refractivity contribution in [2.24, 2.45) is 11.5 Å². The third kappa shape index (κ3) is 13.2. The second-order valence-electron chi connectivity index (χ2n) is 10.2. The van der Waals surface area contributed by atoms with Gasteiger partial charge in [-0.25, -0.2) is 0 Å². The maximum atomic E-state index is 6.10. The molecule has 0 heterocycles. The van der Waals surface area contributed by atoms with Gasteiger partial charge in [-0.2, -0.15) is 0 Å². The van der Waals surface area contributed by atoms with E-state index in [1.807, 2.05) is 36.4 Å². The molecule has 2 nitrogen and oxygen atoms in total. The summed E-state index contributed by atoms with van der Waals surface area (Å²) in [5.74, 6) is 0. The van der Waals surface area contributed by atoms with Gasteiger partial charge in [-0.3, -0.25) is 0 Å². The molecule has 0 fully saturated rings. The molecule has 0 saturated heterocycles. The summed E-state index contributed by atoms with van der Waals surface area (Å²) in [6, 6.07) is 39.4. The molecule has 0 aromatic heterocycles. The molecular formula is C32H36Cl2N2Pd2. The number of halogens is 2. The van der Waals surface area contributed by atoms with Crippen LogP contribution in [0.4, 0.5) is 0 Å². The summed E-state index contributed by atoms with van der Waals surface area (Å²) in [5.41, 5.74) is 19.1. The average molecular weight is 732 g/mol. The first-order valence-electron chi connectivity index (χ1n) is 12.0. The third-order valence-electron chi connectivity index (χ3n) is 5.33. The number of benzene rings is 4. The van der Waals surface area contributed by atoms with Gasteiger partial charge >= 0.3 is 55.4 Å². The van der Waals surface area contributed by atoms with Crippen molar-refractivity contribution in [1.82, 2.24) is 0 Å². The van der Waals surface area contributed by atoms with E-state index < -0.39 is 0 Å². The molecule has 0 atom stereocenters. The van der Waals surface area contributed by atoms with Crippen molar-refractivity contribution in [2.45, 2.75) is 51.6 Å². The number of hydrogen-bond acceptors (Lipinski definition) is 2. The van der Waals surface area contributed by atoms with Gasteiger partial charge in [0.25, 0.3) is 0 Å². The van der Waals surface area contributed by atoms with Crippen molar-refractivity contribution in [3.05, 3.63) is 120 Å². The number of hydrogen-bond donors (Lipinski definition) is 2. The van der Waals surface area contributed by atoms with E-state index in [9.17, 15) is 0 Å². The molecule has 4 N–H and O–H groups in total. The van der Waals surface area contributed by atoms with Gasteiger partial charge in [-0.1, -0.05) is 70.8 Å². The van der Waals surface area contributed by atoms with Gasteiger partial charge < -0.3 is 11.5 Å². The summed E-state index contributed by atoms with van der Waals surface area (Å²) in [7, 11) is 8.98. The Labute approximate surface area is 259 Å². The summed E-state index contributed by atoms with van der Waals surface area (Å²) >= 11 is 4.44. The molecule has 0 unspecified atom stereocenters. The molecule has 4 aromatic carbocycles. The summed E-state index contributed by atoms with van der Waals surface area (Å²) in [5, 5.41) is 0. The van der Waals surface area contributed by atoms with Crippen LogP contribution in [-0.4, -0.2) is 11.1 Å². The Balaban J connectivity index is 0.000000336. The molecule has 4 aromatic rings. The Bertz CT molecular complexity index is 1080. The van der Waals surface area contributed by atoms with Gasteiger partial charge in [0.05, 0.1) is 0 Å². The average Bonchev–Trinajstić information content (AvgIpc) is 2.91. The van der Waals surface area contributed by atoms with Crippen LogP contribution in [0.25, 0.3) is 22.3 Å². The predicted octanol–water partition coefficient (Wildman–Crippen LogP) is 8.24. The van der Waals surface area contributed by atoms with Crippen molar-refractivity contribution < 1.29 is 36.4 Å². The standard InChI is InChI=1S/2C16H18N.2ClH.2Pd/c2*1-16(2,17)12-14-10-6-7-11-15(14)13-8-4-3-5-9-13;;;;/h2*3-8,10-11H,12,17H2,1-2H3;2*1H;;/q2*-1;;;2*+2/p-2. The SMILES string of the molecule is CC(C)(N)Cc1ccccc1-c1[c-]cccc1.CC(C)(N)Cc1ccccc1-c1[c-]cccc1.[Cl][Pd+].[Cl][Pd+]. The van der Waals surface area contributed by atoms with E-state index in [0.29, 0.717) is 0 Å². The van der Waals surface area contributed by atoms with E-state index >= 15 is 0 Å². The maximum absolute atomic E-state index is 6.10. The van der Waals surface area contributed by atoms with Crippen LogP contribution < -0.4 is 11.5 Å². The quantitative estimate of drug-likeness (QED) is 0.155. The van der Waals surface area contributed by atoms with Crippen LogP contribution in [0, 0.1) is 12.1 Å². The van der Waals surface area contributed by atoms with Gasteiger partial charge in [-0.15, -0.1) is 71.8 Å². The van der Waals surface area contributed by atoms with Crippen LogP contribution in [0.15, 0.2) is 97.1 Å². The molecule has 0 saturated carbocycles. The van der Waals surface area contributed by atoms with Crippen LogP contribution in [0.1, 0.15) is 38.8 Å². The molecule has 0 amide bonds. The molecular weight excluding hydrogens is 696 g/mol. The summed E-state index contributed by atoms with van der Waals surface area (Å²) in [6.07, 6.45) is 1.73. The van der Waals surface area contributed by atoms with Crippen LogP contribution in [0.3, 0.4) is 0 Å². The Morgan fingerprint density at radius 2 is 0.868 bits per heavy atom. The van der Waals surface area contributed by atoms with Crippen LogP contribution in [0.5, 0.6) is 0 Å². The fourth-order valence-electron chi connectivity index (χ4n) is 3.98. The first-order chi connectivity index (χ1) is 18.1. The fraction of sp³-hybridized carbons (Fsp3) is 0.250. The Kier molecular flexibility index (Phi) is 16.6. The fourth-order valence-corrected chi connectivity index (χ4v) is 3.98.